The van der Waals surface area contributed by atoms with Gasteiger partial charge in [-0.2, -0.15) is 0 Å². The van der Waals surface area contributed by atoms with E-state index in [2.05, 4.69) is 0 Å². The minimum Gasteiger partial charge on any atom is -0.508 e. The number of hydrogen-bond donors (Lipinski definition) is 1. The summed E-state index contributed by atoms with van der Waals surface area (Å²) >= 11 is 0. The molecule has 2 heteroatoms. The second kappa shape index (κ2) is 4.28. The van der Waals surface area contributed by atoms with Gasteiger partial charge in [0.2, 0.25) is 0 Å². The van der Waals surface area contributed by atoms with Crippen molar-refractivity contribution >= 4 is 0 Å². The highest BCUT2D eigenvalue weighted by atomic mass is 16.5. The molecule has 0 amide bonds. The largest absolute Gasteiger partial charge is 0.508 e. The molecular formula is C11H16O2. The molecule has 1 aromatic carbocycles. The first kappa shape index (κ1) is 10.1. The molecule has 0 aliphatic carbocycles. The van der Waals surface area contributed by atoms with Gasteiger partial charge in [0.15, 0.2) is 0 Å². The van der Waals surface area contributed by atoms with Crippen LogP contribution in [-0.4, -0.2) is 11.2 Å². The fourth-order valence-electron chi connectivity index (χ4n) is 1.23. The summed E-state index contributed by atoms with van der Waals surface area (Å²) in [6.07, 6.45) is 0.310. The molecule has 1 N–H and O–H groups in total. The number of ether oxygens (including phenoxy) is 1. The fourth-order valence-corrected chi connectivity index (χ4v) is 1.23. The standard InChI is InChI=1S/C11H16O2/c1-8(2)13-9(3)10-4-6-11(12)7-5-10/h4-9,12H,1-3H3. The van der Waals surface area contributed by atoms with Gasteiger partial charge < -0.3 is 9.84 Å². The Morgan fingerprint density at radius 2 is 1.62 bits per heavy atom. The lowest BCUT2D eigenvalue weighted by atomic mass is 10.1. The lowest BCUT2D eigenvalue weighted by Crippen LogP contribution is -2.07. The molecule has 0 bridgehead atoms. The summed E-state index contributed by atoms with van der Waals surface area (Å²) in [6.45, 7) is 6.03. The predicted molar refractivity (Wildman–Crippen MR) is 52.7 cm³/mol. The Balaban J connectivity index is 2.66. The molecule has 1 unspecified atom stereocenters. The molecule has 1 atom stereocenters. The van der Waals surface area contributed by atoms with Crippen molar-refractivity contribution in [3.05, 3.63) is 29.8 Å². The van der Waals surface area contributed by atoms with Crippen molar-refractivity contribution < 1.29 is 9.84 Å². The number of aromatic hydroxyl groups is 1. The van der Waals surface area contributed by atoms with Gasteiger partial charge in [0, 0.05) is 0 Å². The van der Waals surface area contributed by atoms with Crippen molar-refractivity contribution in [3.63, 3.8) is 0 Å². The summed E-state index contributed by atoms with van der Waals surface area (Å²) in [5.41, 5.74) is 1.09. The van der Waals surface area contributed by atoms with E-state index in [9.17, 15) is 0 Å². The molecule has 0 saturated carbocycles. The maximum Gasteiger partial charge on any atom is 0.115 e. The minimum atomic E-state index is 0.0839. The van der Waals surface area contributed by atoms with Gasteiger partial charge in [-0.3, -0.25) is 0 Å². The molecular weight excluding hydrogens is 164 g/mol. The summed E-state index contributed by atoms with van der Waals surface area (Å²) in [6, 6.07) is 7.11. The van der Waals surface area contributed by atoms with Crippen LogP contribution in [0.1, 0.15) is 32.4 Å². The lowest BCUT2D eigenvalue weighted by molar-refractivity contribution is 0.0178. The Kier molecular flexibility index (Phi) is 3.32. The van der Waals surface area contributed by atoms with Crippen LogP contribution in [-0.2, 0) is 4.74 Å². The summed E-state index contributed by atoms with van der Waals surface area (Å²) < 4.78 is 5.59. The number of phenols is 1. The Morgan fingerprint density at radius 1 is 1.08 bits per heavy atom. The second-order valence-electron chi connectivity index (χ2n) is 3.42. The van der Waals surface area contributed by atoms with E-state index in [1.807, 2.05) is 32.9 Å². The Morgan fingerprint density at radius 3 is 2.08 bits per heavy atom. The summed E-state index contributed by atoms with van der Waals surface area (Å²) in [4.78, 5) is 0. The predicted octanol–water partition coefficient (Wildman–Crippen LogP) is 2.88. The molecule has 0 aliphatic rings. The maximum absolute atomic E-state index is 9.08. The average molecular weight is 180 g/mol. The van der Waals surface area contributed by atoms with E-state index in [1.54, 1.807) is 12.1 Å². The lowest BCUT2D eigenvalue weighted by Gasteiger charge is -2.16. The Hall–Kier alpha value is -1.02. The van der Waals surface area contributed by atoms with Crippen molar-refractivity contribution in [2.24, 2.45) is 0 Å². The highest BCUT2D eigenvalue weighted by Crippen LogP contribution is 2.20. The first-order chi connectivity index (χ1) is 6.09. The van der Waals surface area contributed by atoms with E-state index >= 15 is 0 Å². The Bertz CT molecular complexity index is 251. The van der Waals surface area contributed by atoms with Crippen LogP contribution in [0.15, 0.2) is 24.3 Å². The van der Waals surface area contributed by atoms with Crippen LogP contribution in [0, 0.1) is 0 Å². The van der Waals surface area contributed by atoms with E-state index in [4.69, 9.17) is 9.84 Å². The third kappa shape index (κ3) is 3.07. The van der Waals surface area contributed by atoms with E-state index in [0.717, 1.165) is 5.56 Å². The minimum absolute atomic E-state index is 0.0839. The van der Waals surface area contributed by atoms with Gasteiger partial charge in [0.25, 0.3) is 0 Å². The van der Waals surface area contributed by atoms with Gasteiger partial charge in [0.1, 0.15) is 5.75 Å². The smallest absolute Gasteiger partial charge is 0.115 e. The van der Waals surface area contributed by atoms with E-state index in [0.29, 0.717) is 5.75 Å². The van der Waals surface area contributed by atoms with Gasteiger partial charge in [-0.25, -0.2) is 0 Å². The number of rotatable bonds is 3. The van der Waals surface area contributed by atoms with Crippen molar-refractivity contribution in [3.8, 4) is 5.75 Å². The monoisotopic (exact) mass is 180 g/mol. The molecule has 72 valence electrons. The van der Waals surface area contributed by atoms with Crippen molar-refractivity contribution in [1.29, 1.82) is 0 Å². The molecule has 13 heavy (non-hydrogen) atoms. The van der Waals surface area contributed by atoms with Crippen LogP contribution < -0.4 is 0 Å². The van der Waals surface area contributed by atoms with Crippen LogP contribution in [0.2, 0.25) is 0 Å². The molecule has 0 spiro atoms. The molecule has 1 rings (SSSR count). The number of benzene rings is 1. The van der Waals surface area contributed by atoms with Crippen molar-refractivity contribution in [2.45, 2.75) is 33.0 Å². The van der Waals surface area contributed by atoms with Gasteiger partial charge >= 0.3 is 0 Å². The van der Waals surface area contributed by atoms with Gasteiger partial charge in [-0.15, -0.1) is 0 Å². The quantitative estimate of drug-likeness (QED) is 0.775. The van der Waals surface area contributed by atoms with Gasteiger partial charge in [0.05, 0.1) is 12.2 Å². The second-order valence-corrected chi connectivity index (χ2v) is 3.42. The van der Waals surface area contributed by atoms with Crippen LogP contribution >= 0.6 is 0 Å². The summed E-state index contributed by atoms with van der Waals surface area (Å²) in [5.74, 6) is 0.292. The highest BCUT2D eigenvalue weighted by molar-refractivity contribution is 5.27. The van der Waals surface area contributed by atoms with Crippen molar-refractivity contribution in [2.75, 3.05) is 0 Å². The number of hydrogen-bond acceptors (Lipinski definition) is 2. The molecule has 0 heterocycles. The third-order valence-corrected chi connectivity index (χ3v) is 1.84. The van der Waals surface area contributed by atoms with Crippen molar-refractivity contribution in [1.82, 2.24) is 0 Å². The fraction of sp³-hybridized carbons (Fsp3) is 0.455. The zero-order valence-electron chi connectivity index (χ0n) is 8.32. The molecule has 0 aromatic heterocycles. The highest BCUT2D eigenvalue weighted by Gasteiger charge is 2.06. The molecule has 2 nitrogen and oxygen atoms in total. The van der Waals surface area contributed by atoms with Crippen LogP contribution in [0.4, 0.5) is 0 Å². The van der Waals surface area contributed by atoms with Gasteiger partial charge in [-0.05, 0) is 38.5 Å². The first-order valence-electron chi connectivity index (χ1n) is 4.54. The summed E-state index contributed by atoms with van der Waals surface area (Å²) in [7, 11) is 0. The van der Waals surface area contributed by atoms with E-state index < -0.39 is 0 Å². The van der Waals surface area contributed by atoms with Crippen LogP contribution in [0.25, 0.3) is 0 Å². The SMILES string of the molecule is CC(C)OC(C)c1ccc(O)cc1. The zero-order chi connectivity index (χ0) is 9.84. The van der Waals surface area contributed by atoms with E-state index in [1.165, 1.54) is 0 Å². The topological polar surface area (TPSA) is 29.5 Å². The van der Waals surface area contributed by atoms with Crippen LogP contribution in [0.5, 0.6) is 5.75 Å². The molecule has 0 radical (unpaired) electrons. The third-order valence-electron chi connectivity index (χ3n) is 1.84. The molecule has 0 aliphatic heterocycles. The molecule has 1 aromatic rings. The van der Waals surface area contributed by atoms with Crippen LogP contribution in [0.3, 0.4) is 0 Å². The zero-order valence-corrected chi connectivity index (χ0v) is 8.32. The first-order valence-corrected chi connectivity index (χ1v) is 4.54. The molecule has 0 saturated heterocycles. The molecule has 0 fully saturated rings. The normalized spacial score (nSPS) is 13.2. The number of phenolic OH excluding ortho intramolecular Hbond substituents is 1. The van der Waals surface area contributed by atoms with Gasteiger partial charge in [-0.1, -0.05) is 12.1 Å². The average Bonchev–Trinajstić information content (AvgIpc) is 2.04. The Labute approximate surface area is 79.2 Å². The maximum atomic E-state index is 9.08. The summed E-state index contributed by atoms with van der Waals surface area (Å²) in [5, 5.41) is 9.08. The van der Waals surface area contributed by atoms with E-state index in [-0.39, 0.29) is 12.2 Å².